The van der Waals surface area contributed by atoms with Gasteiger partial charge in [0.1, 0.15) is 12.3 Å². The van der Waals surface area contributed by atoms with Crippen molar-refractivity contribution in [1.29, 1.82) is 0 Å². The van der Waals surface area contributed by atoms with Crippen molar-refractivity contribution in [3.63, 3.8) is 0 Å². The molecule has 5 heteroatoms. The highest BCUT2D eigenvalue weighted by atomic mass is 19.1. The average molecular weight is 247 g/mol. The number of likely N-dealkylation sites (tertiary alicyclic amines) is 1. The number of aliphatic hydroxyl groups excluding tert-OH is 1. The molecule has 1 heterocycles. The van der Waals surface area contributed by atoms with Gasteiger partial charge in [-0.15, -0.1) is 0 Å². The van der Waals surface area contributed by atoms with Crippen LogP contribution in [-0.4, -0.2) is 47.6 Å². The first kappa shape index (κ1) is 14.2. The van der Waals surface area contributed by atoms with Gasteiger partial charge in [0.25, 0.3) is 0 Å². The van der Waals surface area contributed by atoms with Crippen LogP contribution in [-0.2, 0) is 4.74 Å². The molecule has 2 unspecified atom stereocenters. The molecule has 0 aliphatic carbocycles. The highest BCUT2D eigenvalue weighted by molar-refractivity contribution is 5.68. The Morgan fingerprint density at radius 2 is 2.24 bits per heavy atom. The van der Waals surface area contributed by atoms with Crippen LogP contribution in [0, 0.1) is 5.92 Å². The number of amides is 1. The Hall–Kier alpha value is -0.840. The summed E-state index contributed by atoms with van der Waals surface area (Å²) in [4.78, 5) is 13.4. The van der Waals surface area contributed by atoms with Crippen LogP contribution < -0.4 is 0 Å². The van der Waals surface area contributed by atoms with Gasteiger partial charge >= 0.3 is 6.09 Å². The van der Waals surface area contributed by atoms with Crippen LogP contribution in [0.15, 0.2) is 0 Å². The molecular formula is C12H22FNO3. The Morgan fingerprint density at radius 3 is 2.76 bits per heavy atom. The number of nitrogens with zero attached hydrogens (tertiary/aromatic N) is 1. The van der Waals surface area contributed by atoms with Gasteiger partial charge in [-0.05, 0) is 33.6 Å². The average Bonchev–Trinajstić information content (AvgIpc) is 2.26. The predicted molar refractivity (Wildman–Crippen MR) is 62.5 cm³/mol. The monoisotopic (exact) mass is 247 g/mol. The zero-order chi connectivity index (χ0) is 13.1. The van der Waals surface area contributed by atoms with E-state index in [2.05, 4.69) is 0 Å². The maximum Gasteiger partial charge on any atom is 0.410 e. The van der Waals surface area contributed by atoms with Gasteiger partial charge in [0.2, 0.25) is 0 Å². The van der Waals surface area contributed by atoms with E-state index in [1.807, 2.05) is 20.8 Å². The highest BCUT2D eigenvalue weighted by Gasteiger charge is 2.30. The maximum absolute atomic E-state index is 12.4. The minimum Gasteiger partial charge on any atom is -0.444 e. The van der Waals surface area contributed by atoms with E-state index in [0.29, 0.717) is 13.1 Å². The Balaban J connectivity index is 2.52. The molecule has 100 valence electrons. The summed E-state index contributed by atoms with van der Waals surface area (Å²) in [7, 11) is 0. The molecule has 1 amide bonds. The Morgan fingerprint density at radius 1 is 1.59 bits per heavy atom. The summed E-state index contributed by atoms with van der Waals surface area (Å²) in [6.45, 7) is 5.66. The lowest BCUT2D eigenvalue weighted by atomic mass is 9.93. The van der Waals surface area contributed by atoms with Gasteiger partial charge in [-0.1, -0.05) is 0 Å². The van der Waals surface area contributed by atoms with E-state index in [1.54, 1.807) is 4.90 Å². The van der Waals surface area contributed by atoms with Crippen LogP contribution in [0.5, 0.6) is 0 Å². The van der Waals surface area contributed by atoms with Crippen LogP contribution in [0.3, 0.4) is 0 Å². The van der Waals surface area contributed by atoms with E-state index >= 15 is 0 Å². The topological polar surface area (TPSA) is 49.8 Å². The van der Waals surface area contributed by atoms with Crippen LogP contribution in [0.25, 0.3) is 0 Å². The normalized spacial score (nSPS) is 23.4. The molecule has 1 N–H and O–H groups in total. The summed E-state index contributed by atoms with van der Waals surface area (Å²) >= 11 is 0. The van der Waals surface area contributed by atoms with E-state index in [0.717, 1.165) is 12.8 Å². The molecule has 0 spiro atoms. The highest BCUT2D eigenvalue weighted by Crippen LogP contribution is 2.22. The molecule has 0 bridgehead atoms. The quantitative estimate of drug-likeness (QED) is 0.811. The lowest BCUT2D eigenvalue weighted by molar-refractivity contribution is -0.00122. The summed E-state index contributed by atoms with van der Waals surface area (Å²) in [5, 5.41) is 9.46. The number of piperidine rings is 1. The third-order valence-corrected chi connectivity index (χ3v) is 2.81. The smallest absolute Gasteiger partial charge is 0.410 e. The van der Waals surface area contributed by atoms with Crippen molar-refractivity contribution in [2.75, 3.05) is 19.8 Å². The summed E-state index contributed by atoms with van der Waals surface area (Å²) in [5.74, 6) is -0.179. The van der Waals surface area contributed by atoms with Gasteiger partial charge in [0.15, 0.2) is 0 Å². The van der Waals surface area contributed by atoms with Crippen molar-refractivity contribution in [3.05, 3.63) is 0 Å². The third kappa shape index (κ3) is 4.50. The number of hydrogen-bond acceptors (Lipinski definition) is 3. The Labute approximate surface area is 102 Å². The van der Waals surface area contributed by atoms with Crippen LogP contribution >= 0.6 is 0 Å². The number of carbonyl (C=O) groups is 1. The van der Waals surface area contributed by atoms with Crippen molar-refractivity contribution in [3.8, 4) is 0 Å². The van der Waals surface area contributed by atoms with Gasteiger partial charge in [0.05, 0.1) is 6.10 Å². The standard InChI is InChI=1S/C12H22FNO3/c1-12(2,3)17-11(16)14-6-4-5-9(8-14)10(15)7-13/h9-10,15H,4-8H2,1-3H3. The molecule has 1 aliphatic rings. The molecule has 0 saturated carbocycles. The second-order valence-corrected chi connectivity index (χ2v) is 5.55. The van der Waals surface area contributed by atoms with Gasteiger partial charge in [-0.25, -0.2) is 9.18 Å². The second kappa shape index (κ2) is 5.67. The van der Waals surface area contributed by atoms with E-state index in [4.69, 9.17) is 4.74 Å². The fourth-order valence-corrected chi connectivity index (χ4v) is 1.94. The molecular weight excluding hydrogens is 225 g/mol. The molecule has 0 aromatic carbocycles. The number of carbonyl (C=O) groups excluding carboxylic acids is 1. The minimum absolute atomic E-state index is 0.179. The lowest BCUT2D eigenvalue weighted by Gasteiger charge is -2.35. The molecule has 1 aliphatic heterocycles. The number of ether oxygens (including phenoxy) is 1. The summed E-state index contributed by atoms with van der Waals surface area (Å²) in [5.41, 5.74) is -0.525. The molecule has 4 nitrogen and oxygen atoms in total. The number of hydrogen-bond donors (Lipinski definition) is 1. The number of rotatable bonds is 2. The van der Waals surface area contributed by atoms with Crippen LogP contribution in [0.2, 0.25) is 0 Å². The van der Waals surface area contributed by atoms with E-state index < -0.39 is 18.4 Å². The second-order valence-electron chi connectivity index (χ2n) is 5.55. The molecule has 2 atom stereocenters. The molecule has 0 aromatic heterocycles. The molecule has 1 rings (SSSR count). The summed E-state index contributed by atoms with van der Waals surface area (Å²) in [6, 6.07) is 0. The zero-order valence-corrected chi connectivity index (χ0v) is 10.8. The third-order valence-electron chi connectivity index (χ3n) is 2.81. The molecule has 0 aromatic rings. The first-order valence-corrected chi connectivity index (χ1v) is 6.05. The van der Waals surface area contributed by atoms with Gasteiger partial charge < -0.3 is 14.7 Å². The summed E-state index contributed by atoms with van der Waals surface area (Å²) in [6.07, 6.45) is 0.180. The van der Waals surface area contributed by atoms with Crippen molar-refractivity contribution in [1.82, 2.24) is 4.90 Å². The van der Waals surface area contributed by atoms with Crippen molar-refractivity contribution in [2.24, 2.45) is 5.92 Å². The fourth-order valence-electron chi connectivity index (χ4n) is 1.94. The van der Waals surface area contributed by atoms with Gasteiger partial charge in [-0.3, -0.25) is 0 Å². The zero-order valence-electron chi connectivity index (χ0n) is 10.8. The van der Waals surface area contributed by atoms with Gasteiger partial charge in [-0.2, -0.15) is 0 Å². The summed E-state index contributed by atoms with van der Waals surface area (Å²) < 4.78 is 17.6. The lowest BCUT2D eigenvalue weighted by Crippen LogP contribution is -2.45. The van der Waals surface area contributed by atoms with Gasteiger partial charge in [0, 0.05) is 19.0 Å². The van der Waals surface area contributed by atoms with E-state index in [1.165, 1.54) is 0 Å². The molecule has 0 radical (unpaired) electrons. The first-order chi connectivity index (χ1) is 7.83. The van der Waals surface area contributed by atoms with Crippen molar-refractivity contribution in [2.45, 2.75) is 45.3 Å². The maximum atomic E-state index is 12.4. The largest absolute Gasteiger partial charge is 0.444 e. The first-order valence-electron chi connectivity index (χ1n) is 6.05. The SMILES string of the molecule is CC(C)(C)OC(=O)N1CCCC(C(O)CF)C1. The van der Waals surface area contributed by atoms with Crippen molar-refractivity contribution >= 4 is 6.09 Å². The predicted octanol–water partition coefficient (Wildman–Crippen LogP) is 1.96. The van der Waals surface area contributed by atoms with Crippen molar-refractivity contribution < 1.29 is 19.0 Å². The molecule has 1 fully saturated rings. The Kier molecular flexibility index (Phi) is 4.74. The van der Waals surface area contributed by atoms with Crippen LogP contribution in [0.1, 0.15) is 33.6 Å². The molecule has 17 heavy (non-hydrogen) atoms. The minimum atomic E-state index is -0.972. The number of alkyl halides is 1. The van der Waals surface area contributed by atoms with E-state index in [9.17, 15) is 14.3 Å². The van der Waals surface area contributed by atoms with E-state index in [-0.39, 0.29) is 12.0 Å². The fraction of sp³-hybridized carbons (Fsp3) is 0.917. The molecule has 1 saturated heterocycles. The number of aliphatic hydroxyl groups is 1. The Bertz CT molecular complexity index is 265. The number of halogens is 1. The van der Waals surface area contributed by atoms with Crippen LogP contribution in [0.4, 0.5) is 9.18 Å².